The molecule has 0 unspecified atom stereocenters. The quantitative estimate of drug-likeness (QED) is 0.738. The highest BCUT2D eigenvalue weighted by Gasteiger charge is 2.11. The fourth-order valence-corrected chi connectivity index (χ4v) is 2.90. The molecule has 0 aliphatic heterocycles. The van der Waals surface area contributed by atoms with Crippen LogP contribution in [0.2, 0.25) is 0 Å². The van der Waals surface area contributed by atoms with E-state index in [1.54, 1.807) is 0 Å². The van der Waals surface area contributed by atoms with Crippen LogP contribution in [-0.4, -0.2) is 13.6 Å². The summed E-state index contributed by atoms with van der Waals surface area (Å²) in [5.41, 5.74) is 5.09. The van der Waals surface area contributed by atoms with Crippen LogP contribution in [-0.2, 0) is 6.54 Å². The standard InChI is InChI=1S/C18H23BrN2/c1-4-11-20-13-15-12-16(19)9-10-18(15)21(3)17-8-6-5-7-14(17)2/h5-10,12,20H,4,11,13H2,1-3H3. The summed E-state index contributed by atoms with van der Waals surface area (Å²) in [6.07, 6.45) is 1.15. The van der Waals surface area contributed by atoms with Crippen molar-refractivity contribution in [3.63, 3.8) is 0 Å². The minimum atomic E-state index is 0.888. The fraction of sp³-hybridized carbons (Fsp3) is 0.333. The van der Waals surface area contributed by atoms with E-state index < -0.39 is 0 Å². The Hall–Kier alpha value is -1.32. The predicted molar refractivity (Wildman–Crippen MR) is 95.4 cm³/mol. The van der Waals surface area contributed by atoms with Crippen LogP contribution in [0.4, 0.5) is 11.4 Å². The number of para-hydroxylation sites is 1. The van der Waals surface area contributed by atoms with Gasteiger partial charge in [0.15, 0.2) is 0 Å². The van der Waals surface area contributed by atoms with E-state index in [1.807, 2.05) is 0 Å². The van der Waals surface area contributed by atoms with Crippen molar-refractivity contribution in [3.05, 3.63) is 58.1 Å². The fourth-order valence-electron chi connectivity index (χ4n) is 2.49. The highest BCUT2D eigenvalue weighted by atomic mass is 79.9. The first-order chi connectivity index (χ1) is 10.1. The molecule has 112 valence electrons. The Bertz CT molecular complexity index is 596. The molecule has 2 aromatic rings. The van der Waals surface area contributed by atoms with Crippen molar-refractivity contribution in [1.82, 2.24) is 5.32 Å². The van der Waals surface area contributed by atoms with E-state index >= 15 is 0 Å². The van der Waals surface area contributed by atoms with Gasteiger partial charge in [0.2, 0.25) is 0 Å². The second-order valence-corrected chi connectivity index (χ2v) is 6.21. The Morgan fingerprint density at radius 2 is 1.86 bits per heavy atom. The van der Waals surface area contributed by atoms with Crippen molar-refractivity contribution in [2.24, 2.45) is 0 Å². The van der Waals surface area contributed by atoms with Gasteiger partial charge in [-0.15, -0.1) is 0 Å². The number of rotatable bonds is 6. The zero-order valence-corrected chi connectivity index (χ0v) is 14.6. The van der Waals surface area contributed by atoms with Gasteiger partial charge in [-0.3, -0.25) is 0 Å². The third-order valence-electron chi connectivity index (χ3n) is 3.62. The number of hydrogen-bond acceptors (Lipinski definition) is 2. The number of benzene rings is 2. The van der Waals surface area contributed by atoms with Gasteiger partial charge in [0.05, 0.1) is 0 Å². The molecule has 0 fully saturated rings. The van der Waals surface area contributed by atoms with E-state index in [0.717, 1.165) is 24.0 Å². The molecule has 2 rings (SSSR count). The molecule has 0 amide bonds. The predicted octanol–water partition coefficient (Wildman–Crippen LogP) is 5.03. The average molecular weight is 347 g/mol. The van der Waals surface area contributed by atoms with Crippen LogP contribution in [0, 0.1) is 6.92 Å². The van der Waals surface area contributed by atoms with Gasteiger partial charge in [0, 0.05) is 29.4 Å². The first-order valence-electron chi connectivity index (χ1n) is 7.42. The lowest BCUT2D eigenvalue weighted by Crippen LogP contribution is -2.18. The molecule has 2 nitrogen and oxygen atoms in total. The molecule has 0 aromatic heterocycles. The Balaban J connectivity index is 2.31. The number of aryl methyl sites for hydroxylation is 1. The lowest BCUT2D eigenvalue weighted by molar-refractivity contribution is 0.675. The first-order valence-corrected chi connectivity index (χ1v) is 8.21. The minimum absolute atomic E-state index is 0.888. The molecular formula is C18H23BrN2. The zero-order valence-electron chi connectivity index (χ0n) is 13.0. The molecule has 0 saturated heterocycles. The maximum Gasteiger partial charge on any atom is 0.0454 e. The molecule has 0 aliphatic carbocycles. The normalized spacial score (nSPS) is 10.7. The van der Waals surface area contributed by atoms with Crippen LogP contribution in [0.3, 0.4) is 0 Å². The Kier molecular flexibility index (Phi) is 5.83. The number of halogens is 1. The summed E-state index contributed by atoms with van der Waals surface area (Å²) in [5.74, 6) is 0. The van der Waals surface area contributed by atoms with Gasteiger partial charge >= 0.3 is 0 Å². The van der Waals surface area contributed by atoms with Crippen LogP contribution < -0.4 is 10.2 Å². The largest absolute Gasteiger partial charge is 0.344 e. The van der Waals surface area contributed by atoms with Crippen molar-refractivity contribution >= 4 is 27.3 Å². The summed E-state index contributed by atoms with van der Waals surface area (Å²) < 4.78 is 1.12. The molecule has 0 bridgehead atoms. The number of nitrogens with one attached hydrogen (secondary N) is 1. The van der Waals surface area contributed by atoms with Crippen molar-refractivity contribution in [1.29, 1.82) is 0 Å². The van der Waals surface area contributed by atoms with Crippen molar-refractivity contribution in [2.75, 3.05) is 18.5 Å². The zero-order chi connectivity index (χ0) is 15.2. The number of anilines is 2. The first kappa shape index (κ1) is 16.1. The number of nitrogens with zero attached hydrogens (tertiary/aromatic N) is 1. The molecule has 0 saturated carbocycles. The molecule has 0 aliphatic rings. The van der Waals surface area contributed by atoms with E-state index in [-0.39, 0.29) is 0 Å². The van der Waals surface area contributed by atoms with E-state index in [9.17, 15) is 0 Å². The smallest absolute Gasteiger partial charge is 0.0454 e. The van der Waals surface area contributed by atoms with Gasteiger partial charge in [-0.05, 0) is 55.3 Å². The summed E-state index contributed by atoms with van der Waals surface area (Å²) in [4.78, 5) is 2.27. The van der Waals surface area contributed by atoms with Gasteiger partial charge in [-0.25, -0.2) is 0 Å². The molecule has 0 atom stereocenters. The molecule has 2 aromatic carbocycles. The van der Waals surface area contributed by atoms with Gasteiger partial charge in [0.25, 0.3) is 0 Å². The summed E-state index contributed by atoms with van der Waals surface area (Å²) in [6.45, 7) is 6.27. The molecule has 3 heteroatoms. The summed E-state index contributed by atoms with van der Waals surface area (Å²) >= 11 is 3.58. The van der Waals surface area contributed by atoms with Gasteiger partial charge in [-0.2, -0.15) is 0 Å². The Labute approximate surface area is 136 Å². The second-order valence-electron chi connectivity index (χ2n) is 5.30. The van der Waals surface area contributed by atoms with Gasteiger partial charge in [-0.1, -0.05) is 41.1 Å². The van der Waals surface area contributed by atoms with E-state index in [4.69, 9.17) is 0 Å². The molecule has 1 N–H and O–H groups in total. The van der Waals surface area contributed by atoms with Gasteiger partial charge in [0.1, 0.15) is 0 Å². The van der Waals surface area contributed by atoms with E-state index in [1.165, 1.54) is 22.5 Å². The monoisotopic (exact) mass is 346 g/mol. The Morgan fingerprint density at radius 3 is 2.57 bits per heavy atom. The highest BCUT2D eigenvalue weighted by molar-refractivity contribution is 9.10. The second kappa shape index (κ2) is 7.62. The minimum Gasteiger partial charge on any atom is -0.344 e. The molecule has 0 spiro atoms. The molecule has 0 radical (unpaired) electrons. The average Bonchev–Trinajstić information content (AvgIpc) is 2.47. The molecule has 21 heavy (non-hydrogen) atoms. The summed E-state index contributed by atoms with van der Waals surface area (Å²) in [6, 6.07) is 15.0. The third kappa shape index (κ3) is 4.08. The Morgan fingerprint density at radius 1 is 1.10 bits per heavy atom. The third-order valence-corrected chi connectivity index (χ3v) is 4.12. The molecular weight excluding hydrogens is 324 g/mol. The summed E-state index contributed by atoms with van der Waals surface area (Å²) in [5, 5.41) is 3.49. The van der Waals surface area contributed by atoms with Crippen LogP contribution in [0.5, 0.6) is 0 Å². The maximum absolute atomic E-state index is 3.58. The van der Waals surface area contributed by atoms with Crippen LogP contribution >= 0.6 is 15.9 Å². The SMILES string of the molecule is CCCNCc1cc(Br)ccc1N(C)c1ccccc1C. The van der Waals surface area contributed by atoms with Crippen LogP contribution in [0.25, 0.3) is 0 Å². The summed E-state index contributed by atoms with van der Waals surface area (Å²) in [7, 11) is 2.13. The lowest BCUT2D eigenvalue weighted by atomic mass is 10.1. The van der Waals surface area contributed by atoms with E-state index in [2.05, 4.69) is 89.5 Å². The molecule has 0 heterocycles. The van der Waals surface area contributed by atoms with Crippen LogP contribution in [0.1, 0.15) is 24.5 Å². The van der Waals surface area contributed by atoms with Crippen molar-refractivity contribution < 1.29 is 0 Å². The number of hydrogen-bond donors (Lipinski definition) is 1. The lowest BCUT2D eigenvalue weighted by Gasteiger charge is -2.24. The van der Waals surface area contributed by atoms with E-state index in [0.29, 0.717) is 0 Å². The van der Waals surface area contributed by atoms with Crippen LogP contribution in [0.15, 0.2) is 46.9 Å². The van der Waals surface area contributed by atoms with Crippen molar-refractivity contribution in [2.45, 2.75) is 26.8 Å². The maximum atomic E-state index is 3.58. The van der Waals surface area contributed by atoms with Gasteiger partial charge < -0.3 is 10.2 Å². The topological polar surface area (TPSA) is 15.3 Å². The van der Waals surface area contributed by atoms with Crippen molar-refractivity contribution in [3.8, 4) is 0 Å². The highest BCUT2D eigenvalue weighted by Crippen LogP contribution is 2.31.